The number of sulfonamides is 1. The van der Waals surface area contributed by atoms with Gasteiger partial charge in [-0.3, -0.25) is 9.78 Å². The molecule has 0 amide bonds. The topological polar surface area (TPSA) is 96.4 Å². The van der Waals surface area contributed by atoms with Crippen LogP contribution in [0.4, 0.5) is 0 Å². The van der Waals surface area contributed by atoms with Crippen molar-refractivity contribution in [1.82, 2.24) is 9.71 Å². The number of rotatable bonds is 6. The molecule has 0 saturated carbocycles. The lowest BCUT2D eigenvalue weighted by Crippen LogP contribution is -2.29. The molecule has 2 heterocycles. The monoisotopic (exact) mass is 390 g/mol. The van der Waals surface area contributed by atoms with Crippen molar-refractivity contribution in [2.45, 2.75) is 17.4 Å². The normalized spacial score (nSPS) is 13.0. The minimum Gasteiger partial charge on any atom is -0.481 e. The molecule has 112 valence electrons. The van der Waals surface area contributed by atoms with Gasteiger partial charge in [-0.2, -0.15) is 0 Å². The molecule has 2 aromatic heterocycles. The molecule has 9 heteroatoms. The highest BCUT2D eigenvalue weighted by Gasteiger charge is 2.24. The maximum Gasteiger partial charge on any atom is 0.305 e. The zero-order valence-corrected chi connectivity index (χ0v) is 13.8. The molecule has 2 N–H and O–H groups in total. The summed E-state index contributed by atoms with van der Waals surface area (Å²) in [6.45, 7) is 0. The van der Waals surface area contributed by atoms with Crippen LogP contribution in [-0.4, -0.2) is 24.5 Å². The molecule has 0 radical (unpaired) electrons. The number of hydrogen-bond donors (Lipinski definition) is 2. The van der Waals surface area contributed by atoms with Gasteiger partial charge in [-0.05, 0) is 33.4 Å². The van der Waals surface area contributed by atoms with Crippen LogP contribution < -0.4 is 4.72 Å². The molecule has 2 aromatic rings. The standard InChI is InChI=1S/C12H11BrN2O4S2/c13-8-4-9(7-14-6-8)21(18,19)15-10(5-12(16)17)11-2-1-3-20-11/h1-4,6-7,10,15H,5H2,(H,16,17). The molecular formula is C12H11BrN2O4S2. The Morgan fingerprint density at radius 2 is 2.24 bits per heavy atom. The van der Waals surface area contributed by atoms with Gasteiger partial charge in [0.1, 0.15) is 4.90 Å². The number of thiophene rings is 1. The van der Waals surface area contributed by atoms with E-state index in [-0.39, 0.29) is 11.3 Å². The van der Waals surface area contributed by atoms with Crippen molar-refractivity contribution in [1.29, 1.82) is 0 Å². The van der Waals surface area contributed by atoms with E-state index in [9.17, 15) is 13.2 Å². The highest BCUT2D eigenvalue weighted by atomic mass is 79.9. The van der Waals surface area contributed by atoms with E-state index in [1.165, 1.54) is 29.8 Å². The summed E-state index contributed by atoms with van der Waals surface area (Å²) in [7, 11) is -3.85. The van der Waals surface area contributed by atoms with E-state index < -0.39 is 22.0 Å². The van der Waals surface area contributed by atoms with Gasteiger partial charge in [0.25, 0.3) is 0 Å². The van der Waals surface area contributed by atoms with E-state index in [0.29, 0.717) is 9.35 Å². The van der Waals surface area contributed by atoms with E-state index in [1.807, 2.05) is 0 Å². The third-order valence-corrected chi connectivity index (χ3v) is 5.41. The summed E-state index contributed by atoms with van der Waals surface area (Å²) >= 11 is 4.45. The highest BCUT2D eigenvalue weighted by molar-refractivity contribution is 9.10. The summed E-state index contributed by atoms with van der Waals surface area (Å²) in [4.78, 5) is 15.4. The lowest BCUT2D eigenvalue weighted by Gasteiger charge is -2.15. The molecule has 0 bridgehead atoms. The third-order valence-electron chi connectivity index (χ3n) is 2.55. The van der Waals surface area contributed by atoms with Crippen LogP contribution in [0, 0.1) is 0 Å². The number of aliphatic carboxylic acids is 1. The maximum absolute atomic E-state index is 12.3. The van der Waals surface area contributed by atoms with Crippen LogP contribution in [0.3, 0.4) is 0 Å². The number of carboxylic acids is 1. The van der Waals surface area contributed by atoms with Crippen LogP contribution in [0.25, 0.3) is 0 Å². The fourth-order valence-electron chi connectivity index (χ4n) is 1.66. The molecule has 6 nitrogen and oxygen atoms in total. The number of nitrogens with zero attached hydrogens (tertiary/aromatic N) is 1. The first-order valence-corrected chi connectivity index (χ1v) is 8.92. The Morgan fingerprint density at radius 3 is 2.81 bits per heavy atom. The molecule has 1 atom stereocenters. The van der Waals surface area contributed by atoms with Crippen molar-refractivity contribution >= 4 is 43.3 Å². The molecule has 0 aromatic carbocycles. The molecule has 0 saturated heterocycles. The first-order chi connectivity index (χ1) is 9.88. The molecule has 0 fully saturated rings. The fraction of sp³-hybridized carbons (Fsp3) is 0.167. The Bertz CT molecular complexity index is 731. The second-order valence-corrected chi connectivity index (χ2v) is 7.73. The number of nitrogens with one attached hydrogen (secondary N) is 1. The minimum absolute atomic E-state index is 0.0242. The smallest absolute Gasteiger partial charge is 0.305 e. The highest BCUT2D eigenvalue weighted by Crippen LogP contribution is 2.25. The summed E-state index contributed by atoms with van der Waals surface area (Å²) in [5.74, 6) is -1.08. The van der Waals surface area contributed by atoms with E-state index >= 15 is 0 Å². The Hall–Kier alpha value is -1.29. The Balaban J connectivity index is 2.29. The fourth-order valence-corrected chi connectivity index (χ4v) is 4.23. The Labute approximate surface area is 134 Å². The van der Waals surface area contributed by atoms with Gasteiger partial charge in [-0.25, -0.2) is 13.1 Å². The van der Waals surface area contributed by atoms with E-state index in [2.05, 4.69) is 25.6 Å². The molecule has 21 heavy (non-hydrogen) atoms. The van der Waals surface area contributed by atoms with Crippen molar-refractivity contribution < 1.29 is 18.3 Å². The predicted octanol–water partition coefficient (Wildman–Crippen LogP) is 2.40. The molecule has 0 spiro atoms. The average molecular weight is 391 g/mol. The number of halogens is 1. The lowest BCUT2D eigenvalue weighted by molar-refractivity contribution is -0.137. The first-order valence-electron chi connectivity index (χ1n) is 5.76. The Morgan fingerprint density at radius 1 is 1.48 bits per heavy atom. The SMILES string of the molecule is O=C(O)CC(NS(=O)(=O)c1cncc(Br)c1)c1cccs1. The van der Waals surface area contributed by atoms with Crippen LogP contribution >= 0.6 is 27.3 Å². The zero-order chi connectivity index (χ0) is 15.5. The quantitative estimate of drug-likeness (QED) is 0.788. The van der Waals surface area contributed by atoms with Crippen molar-refractivity contribution in [3.63, 3.8) is 0 Å². The van der Waals surface area contributed by atoms with Gasteiger partial charge in [0.05, 0.1) is 12.5 Å². The predicted molar refractivity (Wildman–Crippen MR) is 81.6 cm³/mol. The van der Waals surface area contributed by atoms with E-state index in [1.54, 1.807) is 17.5 Å². The van der Waals surface area contributed by atoms with Gasteiger partial charge in [-0.15, -0.1) is 11.3 Å². The van der Waals surface area contributed by atoms with Crippen LogP contribution in [0.5, 0.6) is 0 Å². The molecule has 2 rings (SSSR count). The summed E-state index contributed by atoms with van der Waals surface area (Å²) in [6.07, 6.45) is 2.34. The largest absolute Gasteiger partial charge is 0.481 e. The van der Waals surface area contributed by atoms with E-state index in [4.69, 9.17) is 5.11 Å². The number of aromatic nitrogens is 1. The minimum atomic E-state index is -3.85. The summed E-state index contributed by atoms with van der Waals surface area (Å²) in [6, 6.07) is 4.03. The number of hydrogen-bond acceptors (Lipinski definition) is 5. The molecule has 1 unspecified atom stereocenters. The van der Waals surface area contributed by atoms with Crippen LogP contribution in [0.1, 0.15) is 17.3 Å². The van der Waals surface area contributed by atoms with Gasteiger partial charge in [-0.1, -0.05) is 6.07 Å². The third kappa shape index (κ3) is 4.34. The second-order valence-electron chi connectivity index (χ2n) is 4.13. The van der Waals surface area contributed by atoms with Crippen LogP contribution in [0.2, 0.25) is 0 Å². The van der Waals surface area contributed by atoms with Gasteiger partial charge >= 0.3 is 5.97 Å². The Kier molecular flexibility index (Phi) is 5.09. The summed E-state index contributed by atoms with van der Waals surface area (Å²) < 4.78 is 27.6. The summed E-state index contributed by atoms with van der Waals surface area (Å²) in [5.41, 5.74) is 0. The second kappa shape index (κ2) is 6.65. The van der Waals surface area contributed by atoms with Gasteiger partial charge in [0.15, 0.2) is 0 Å². The zero-order valence-electron chi connectivity index (χ0n) is 10.6. The van der Waals surface area contributed by atoms with Crippen molar-refractivity contribution in [2.75, 3.05) is 0 Å². The first kappa shape index (κ1) is 16.1. The number of carboxylic acid groups (broad SMARTS) is 1. The van der Waals surface area contributed by atoms with Gasteiger partial charge in [0, 0.05) is 21.7 Å². The maximum atomic E-state index is 12.3. The molecule has 0 aliphatic carbocycles. The van der Waals surface area contributed by atoms with Gasteiger partial charge in [0.2, 0.25) is 10.0 Å². The lowest BCUT2D eigenvalue weighted by atomic mass is 10.2. The molecule has 0 aliphatic rings. The average Bonchev–Trinajstić information content (AvgIpc) is 2.91. The summed E-state index contributed by atoms with van der Waals surface area (Å²) in [5, 5.41) is 10.7. The van der Waals surface area contributed by atoms with Crippen LogP contribution in [0.15, 0.2) is 45.3 Å². The van der Waals surface area contributed by atoms with Crippen LogP contribution in [-0.2, 0) is 14.8 Å². The van der Waals surface area contributed by atoms with Crippen molar-refractivity contribution in [3.05, 3.63) is 45.3 Å². The van der Waals surface area contributed by atoms with Crippen molar-refractivity contribution in [3.8, 4) is 0 Å². The number of carbonyl (C=O) groups is 1. The van der Waals surface area contributed by atoms with Crippen molar-refractivity contribution in [2.24, 2.45) is 0 Å². The van der Waals surface area contributed by atoms with E-state index in [0.717, 1.165) is 0 Å². The van der Waals surface area contributed by atoms with Gasteiger partial charge < -0.3 is 5.11 Å². The molecular weight excluding hydrogens is 380 g/mol. The number of pyridine rings is 1. The molecule has 0 aliphatic heterocycles.